The van der Waals surface area contributed by atoms with E-state index in [0.717, 1.165) is 21.6 Å². The van der Waals surface area contributed by atoms with E-state index in [1.54, 1.807) is 29.3 Å². The van der Waals surface area contributed by atoms with Gasteiger partial charge in [-0.15, -0.1) is 0 Å². The number of nitrogens with zero attached hydrogens (tertiary/aromatic N) is 2. The van der Waals surface area contributed by atoms with Crippen molar-refractivity contribution in [3.05, 3.63) is 156 Å². The van der Waals surface area contributed by atoms with Gasteiger partial charge in [-0.25, -0.2) is 9.78 Å². The third-order valence-corrected chi connectivity index (χ3v) is 20.9. The van der Waals surface area contributed by atoms with Crippen molar-refractivity contribution in [1.29, 1.82) is 0 Å². The highest BCUT2D eigenvalue weighted by atomic mass is 35.5. The number of hydrogen-bond donors (Lipinski definition) is 2. The highest BCUT2D eigenvalue weighted by Crippen LogP contribution is 2.51. The minimum Gasteiger partial charge on any atom is -0.457 e. The van der Waals surface area contributed by atoms with Gasteiger partial charge in [-0.2, -0.15) is 0 Å². The van der Waals surface area contributed by atoms with E-state index < -0.39 is 39.2 Å². The minimum atomic E-state index is -3.24. The van der Waals surface area contributed by atoms with Crippen molar-refractivity contribution in [2.75, 3.05) is 6.61 Å². The van der Waals surface area contributed by atoms with Crippen LogP contribution in [0.1, 0.15) is 55.7 Å². The highest BCUT2D eigenvalue weighted by Gasteiger charge is 2.57. The van der Waals surface area contributed by atoms with Crippen LogP contribution in [0, 0.1) is 5.92 Å². The Bertz CT molecular complexity index is 2320. The second-order valence-electron chi connectivity index (χ2n) is 16.7. The number of carbonyl (C=O) groups is 4. The van der Waals surface area contributed by atoms with Crippen LogP contribution in [-0.4, -0.2) is 70.9 Å². The molecular weight excluding hydrogens is 823 g/mol. The van der Waals surface area contributed by atoms with Crippen LogP contribution >= 0.6 is 18.5 Å². The molecule has 3 atom stereocenters. The van der Waals surface area contributed by atoms with Crippen molar-refractivity contribution >= 4 is 71.7 Å². The molecule has 4 aromatic carbocycles. The molecule has 318 valence electrons. The van der Waals surface area contributed by atoms with Gasteiger partial charge in [0.25, 0.3) is 0 Å². The Morgan fingerprint density at radius 2 is 1.52 bits per heavy atom. The van der Waals surface area contributed by atoms with Gasteiger partial charge in [-0.1, -0.05) is 148 Å². The van der Waals surface area contributed by atoms with Crippen LogP contribution in [0.4, 0.5) is 0 Å². The Balaban J connectivity index is 1.50. The van der Waals surface area contributed by atoms with Gasteiger partial charge < -0.3 is 24.4 Å². The van der Waals surface area contributed by atoms with Gasteiger partial charge in [-0.3, -0.25) is 14.4 Å². The largest absolute Gasteiger partial charge is 0.457 e. The molecule has 0 saturated carbocycles. The number of aromatic amines is 1. The maximum atomic E-state index is 15.2. The van der Waals surface area contributed by atoms with E-state index in [2.05, 4.69) is 55.7 Å². The van der Waals surface area contributed by atoms with Gasteiger partial charge >= 0.3 is 5.97 Å². The number of halogens is 1. The zero-order chi connectivity index (χ0) is 44.0. The van der Waals surface area contributed by atoms with E-state index in [1.807, 2.05) is 97.9 Å². The molecule has 0 bridgehead atoms. The molecule has 5 aromatic rings. The number of Topliss-reactive ketones (excluding diaryl/α,β-unsaturated/α-hetero) is 1. The van der Waals surface area contributed by atoms with Crippen molar-refractivity contribution in [3.8, 4) is 0 Å². The van der Waals surface area contributed by atoms with Gasteiger partial charge in [0.15, 0.2) is 14.1 Å². The van der Waals surface area contributed by atoms with E-state index in [4.69, 9.17) is 20.8 Å². The molecule has 0 spiro atoms. The number of aromatic nitrogens is 2. The maximum Gasteiger partial charge on any atom is 0.356 e. The summed E-state index contributed by atoms with van der Waals surface area (Å²) in [4.78, 5) is 66.1. The molecule has 1 saturated heterocycles. The zero-order valence-corrected chi connectivity index (χ0v) is 38.2. The molecule has 1 aliphatic rings. The molecule has 0 aliphatic carbocycles. The van der Waals surface area contributed by atoms with Crippen molar-refractivity contribution in [2.45, 2.75) is 77.4 Å². The highest BCUT2D eigenvalue weighted by molar-refractivity contribution is 7.96. The molecule has 61 heavy (non-hydrogen) atoms. The van der Waals surface area contributed by atoms with Crippen LogP contribution in [0.15, 0.2) is 134 Å². The van der Waals surface area contributed by atoms with Gasteiger partial charge in [0, 0.05) is 30.1 Å². The van der Waals surface area contributed by atoms with Gasteiger partial charge in [0.2, 0.25) is 11.8 Å². The zero-order valence-electron chi connectivity index (χ0n) is 35.6. The molecule has 2 amide bonds. The Morgan fingerprint density at radius 1 is 0.951 bits per heavy atom. The number of carbonyl (C=O) groups excluding carboxylic acids is 4. The number of β-lactam (4-membered cyclic amide) rings is 1. The van der Waals surface area contributed by atoms with Crippen molar-refractivity contribution < 1.29 is 28.3 Å². The summed E-state index contributed by atoms with van der Waals surface area (Å²) in [7, 11) is -2.42. The first-order valence-corrected chi connectivity index (χ1v) is 25.5. The van der Waals surface area contributed by atoms with Crippen LogP contribution in [0.3, 0.4) is 0 Å². The predicted octanol–water partition coefficient (Wildman–Crippen LogP) is 7.59. The van der Waals surface area contributed by atoms with E-state index in [1.165, 1.54) is 12.4 Å². The average molecular weight is 877 g/mol. The first kappa shape index (κ1) is 45.2. The fourth-order valence-corrected chi connectivity index (χ4v) is 13.7. The Hall–Kier alpha value is -5.32. The number of likely N-dealkylation sites (tertiary alicyclic amines) is 1. The normalized spacial score (nSPS) is 16.0. The lowest BCUT2D eigenvalue weighted by Gasteiger charge is -2.53. The fraction of sp³-hybridized carbons (Fsp3) is 0.292. The molecule has 6 rings (SSSR count). The summed E-state index contributed by atoms with van der Waals surface area (Å²) < 4.78 is 12.9. The summed E-state index contributed by atoms with van der Waals surface area (Å²) in [5, 5.41) is 5.45. The van der Waals surface area contributed by atoms with E-state index >= 15 is 9.59 Å². The number of ketones is 1. The molecule has 0 radical (unpaired) electrons. The average Bonchev–Trinajstić information content (AvgIpc) is 3.77. The lowest BCUT2D eigenvalue weighted by Crippen LogP contribution is -2.69. The summed E-state index contributed by atoms with van der Waals surface area (Å²) in [6.07, 6.45) is 3.95. The number of benzene rings is 4. The van der Waals surface area contributed by atoms with Crippen molar-refractivity contribution in [1.82, 2.24) is 20.2 Å². The summed E-state index contributed by atoms with van der Waals surface area (Å²) >= 11 is 6.75. The van der Waals surface area contributed by atoms with Gasteiger partial charge in [0.05, 0.1) is 43.1 Å². The summed E-state index contributed by atoms with van der Waals surface area (Å²) in [6, 6.07) is 33.3. The first-order valence-electron chi connectivity index (χ1n) is 20.4. The SMILES string of the molecule is C=CCOC(=O)C(N1C(=O)[C@H]([C@@H](C)O[Si](C)(C)C(C)(C)C)[C@H]1CC(=O)c1ccc(CC(=O)NCc2cnc[nH]2)c(Cl)c1)=P(c1ccccc1)(c1ccccc1)c1ccccc1. The van der Waals surface area contributed by atoms with E-state index in [9.17, 15) is 9.59 Å². The third kappa shape index (κ3) is 9.61. The second-order valence-corrected chi connectivity index (χ2v) is 25.2. The summed E-state index contributed by atoms with van der Waals surface area (Å²) in [6.45, 7) is 13.3. The fourth-order valence-electron chi connectivity index (χ4n) is 7.62. The molecule has 1 aliphatic heterocycles. The molecule has 2 heterocycles. The number of rotatable bonds is 17. The standard InChI is InChI=1S/C48H54ClN4O6PSi/c1-8-26-58-47(57)46(60(37-18-12-9-13-19-37,38-20-14-10-15-21-38)39-22-16-11-17-23-39)53-41(44(45(53)56)33(2)59-61(6,7)48(3,4)5)29-42(54)35-25-24-34(40(49)27-35)28-43(55)51-31-36-30-50-32-52-36/h8-25,27,30,32-33,41,44H,1,26,28-29,31H2,2-7H3,(H,50,52)(H,51,55)/t33-,41-,44-/m1/s1. The molecule has 0 unspecified atom stereocenters. The Kier molecular flexibility index (Phi) is 14.2. The van der Waals surface area contributed by atoms with Crippen LogP contribution in [0.5, 0.6) is 0 Å². The van der Waals surface area contributed by atoms with Gasteiger partial charge in [0.1, 0.15) is 12.0 Å². The third-order valence-electron chi connectivity index (χ3n) is 11.7. The first-order chi connectivity index (χ1) is 29.1. The Labute approximate surface area is 364 Å². The molecule has 10 nitrogen and oxygen atoms in total. The molecular formula is C48H54ClN4O6PSi. The number of hydrogen-bond acceptors (Lipinski definition) is 7. The molecule has 2 N–H and O–H groups in total. The monoisotopic (exact) mass is 876 g/mol. The lowest BCUT2D eigenvalue weighted by molar-refractivity contribution is -0.156. The molecule has 1 aromatic heterocycles. The predicted molar refractivity (Wildman–Crippen MR) is 248 cm³/mol. The number of esters is 1. The smallest absolute Gasteiger partial charge is 0.356 e. The second kappa shape index (κ2) is 19.2. The number of imidazole rings is 1. The maximum absolute atomic E-state index is 15.2. The van der Waals surface area contributed by atoms with Crippen LogP contribution < -0.4 is 21.2 Å². The number of amides is 2. The van der Waals surface area contributed by atoms with E-state index in [0.29, 0.717) is 11.1 Å². The van der Waals surface area contributed by atoms with Crippen molar-refractivity contribution in [3.63, 3.8) is 0 Å². The summed E-state index contributed by atoms with van der Waals surface area (Å²) in [5.74, 6) is -2.29. The topological polar surface area (TPSA) is 131 Å². The molecule has 13 heteroatoms. The number of ether oxygens (including phenoxy) is 1. The van der Waals surface area contributed by atoms with E-state index in [-0.39, 0.29) is 59.1 Å². The summed E-state index contributed by atoms with van der Waals surface area (Å²) in [5.41, 5.74) is 1.80. The Morgan fingerprint density at radius 3 is 2.02 bits per heavy atom. The van der Waals surface area contributed by atoms with Crippen LogP contribution in [-0.2, 0) is 36.5 Å². The number of nitrogens with one attached hydrogen (secondary N) is 2. The number of H-pyrrole nitrogens is 1. The quantitative estimate of drug-likeness (QED) is 0.0246. The van der Waals surface area contributed by atoms with Gasteiger partial charge in [-0.05, 0) is 52.6 Å². The van der Waals surface area contributed by atoms with Crippen LogP contribution in [0.2, 0.25) is 23.2 Å². The molecule has 1 fully saturated rings. The lowest BCUT2D eigenvalue weighted by atomic mass is 9.79. The van der Waals surface area contributed by atoms with Crippen LogP contribution in [0.25, 0.3) is 0 Å². The minimum absolute atomic E-state index is 0.00606. The van der Waals surface area contributed by atoms with Crippen molar-refractivity contribution in [2.24, 2.45) is 5.92 Å².